The van der Waals surface area contributed by atoms with Crippen molar-refractivity contribution in [1.29, 1.82) is 0 Å². The molecule has 1 aliphatic rings. The van der Waals surface area contributed by atoms with Crippen molar-refractivity contribution in [2.75, 3.05) is 12.9 Å². The number of rotatable bonds is 6. The molecule has 24 heavy (non-hydrogen) atoms. The topological polar surface area (TPSA) is 101 Å². The van der Waals surface area contributed by atoms with Gasteiger partial charge >= 0.3 is 5.97 Å². The molecule has 1 aromatic rings. The van der Waals surface area contributed by atoms with Gasteiger partial charge in [0.25, 0.3) is 5.56 Å². The van der Waals surface area contributed by atoms with Crippen molar-refractivity contribution in [2.45, 2.75) is 50.2 Å². The largest absolute Gasteiger partial charge is 0.469 e. The van der Waals surface area contributed by atoms with E-state index in [1.54, 1.807) is 0 Å². The lowest BCUT2D eigenvalue weighted by Gasteiger charge is -2.29. The average Bonchev–Trinajstić information content (AvgIpc) is 2.54. The number of nitrogens with zero attached hydrogens (tertiary/aromatic N) is 1. The number of ether oxygens (including phenoxy) is 1. The number of aromatic amines is 1. The van der Waals surface area contributed by atoms with E-state index in [4.69, 9.17) is 0 Å². The maximum absolute atomic E-state index is 12.1. The van der Waals surface area contributed by atoms with E-state index < -0.39 is 5.97 Å². The van der Waals surface area contributed by atoms with E-state index in [-0.39, 0.29) is 29.7 Å². The molecule has 1 amide bonds. The molecule has 2 atom stereocenters. The second-order valence-corrected chi connectivity index (χ2v) is 6.98. The van der Waals surface area contributed by atoms with Crippen molar-refractivity contribution in [3.63, 3.8) is 0 Å². The summed E-state index contributed by atoms with van der Waals surface area (Å²) in [6, 6.07) is 1.48. The van der Waals surface area contributed by atoms with Gasteiger partial charge in [0.1, 0.15) is 0 Å². The predicted octanol–water partition coefficient (Wildman–Crippen LogP) is 1.27. The Hall–Kier alpha value is -1.83. The van der Waals surface area contributed by atoms with Crippen LogP contribution in [0, 0.1) is 5.92 Å². The Bertz CT molecular complexity index is 646. The number of thioether (sulfide) groups is 1. The first-order valence-corrected chi connectivity index (χ1v) is 9.05. The number of nitrogens with one attached hydrogen (secondary N) is 2. The fraction of sp³-hybridized carbons (Fsp3) is 0.625. The molecule has 1 saturated carbocycles. The van der Waals surface area contributed by atoms with Gasteiger partial charge in [0.2, 0.25) is 5.91 Å². The predicted molar refractivity (Wildman–Crippen MR) is 90.9 cm³/mol. The van der Waals surface area contributed by atoms with Crippen molar-refractivity contribution in [3.8, 4) is 0 Å². The summed E-state index contributed by atoms with van der Waals surface area (Å²) in [4.78, 5) is 41.8. The number of hydrogen-bond donors (Lipinski definition) is 2. The third-order valence-electron chi connectivity index (χ3n) is 4.12. The molecule has 0 aliphatic heterocycles. The van der Waals surface area contributed by atoms with Crippen molar-refractivity contribution in [2.24, 2.45) is 5.92 Å². The molecule has 132 valence electrons. The molecule has 1 fully saturated rings. The summed E-state index contributed by atoms with van der Waals surface area (Å²) in [7, 11) is 1.28. The molecule has 2 rings (SSSR count). The average molecular weight is 353 g/mol. The lowest BCUT2D eigenvalue weighted by Crippen LogP contribution is -2.41. The van der Waals surface area contributed by atoms with Crippen LogP contribution in [0.15, 0.2) is 16.0 Å². The highest BCUT2D eigenvalue weighted by Gasteiger charge is 2.22. The first-order chi connectivity index (χ1) is 11.5. The molecule has 7 nitrogen and oxygen atoms in total. The Morgan fingerprint density at radius 1 is 1.42 bits per heavy atom. The fourth-order valence-corrected chi connectivity index (χ4v) is 3.48. The zero-order chi connectivity index (χ0) is 17.5. The number of carbonyl (C=O) groups excluding carboxylic acids is 2. The van der Waals surface area contributed by atoms with E-state index in [0.717, 1.165) is 31.0 Å². The number of esters is 1. The van der Waals surface area contributed by atoms with Gasteiger partial charge in [0, 0.05) is 12.1 Å². The molecule has 0 unspecified atom stereocenters. The Labute approximate surface area is 145 Å². The van der Waals surface area contributed by atoms with Gasteiger partial charge in [-0.15, -0.1) is 0 Å². The van der Waals surface area contributed by atoms with E-state index in [1.165, 1.54) is 19.6 Å². The third-order valence-corrected chi connectivity index (χ3v) is 5.00. The Balaban J connectivity index is 1.90. The summed E-state index contributed by atoms with van der Waals surface area (Å²) in [6.07, 6.45) is 4.46. The second kappa shape index (κ2) is 8.86. The lowest BCUT2D eigenvalue weighted by molar-refractivity contribution is -0.139. The maximum atomic E-state index is 12.1. The van der Waals surface area contributed by atoms with Crippen LogP contribution in [-0.2, 0) is 20.7 Å². The molecule has 0 aromatic carbocycles. The first kappa shape index (κ1) is 18.5. The van der Waals surface area contributed by atoms with Gasteiger partial charge in [-0.1, -0.05) is 31.5 Å². The zero-order valence-electron chi connectivity index (χ0n) is 14.0. The van der Waals surface area contributed by atoms with Crippen molar-refractivity contribution in [3.05, 3.63) is 22.1 Å². The first-order valence-electron chi connectivity index (χ1n) is 8.07. The van der Waals surface area contributed by atoms with Crippen molar-refractivity contribution >= 4 is 23.6 Å². The van der Waals surface area contributed by atoms with Gasteiger partial charge in [0.15, 0.2) is 5.16 Å². The number of methoxy groups -OCH3 is 1. The number of aromatic nitrogens is 2. The molecule has 8 heteroatoms. The molecular weight excluding hydrogens is 330 g/mol. The molecule has 1 aromatic heterocycles. The summed E-state index contributed by atoms with van der Waals surface area (Å²) in [6.45, 7) is 2.16. The van der Waals surface area contributed by atoms with E-state index in [9.17, 15) is 14.4 Å². The van der Waals surface area contributed by atoms with Crippen LogP contribution in [0.2, 0.25) is 0 Å². The lowest BCUT2D eigenvalue weighted by atomic mass is 9.86. The number of hydrogen-bond acceptors (Lipinski definition) is 6. The van der Waals surface area contributed by atoms with Crippen LogP contribution in [0.3, 0.4) is 0 Å². The minimum atomic E-state index is -0.465. The number of amides is 1. The summed E-state index contributed by atoms with van der Waals surface area (Å²) in [5, 5.41) is 3.38. The minimum Gasteiger partial charge on any atom is -0.469 e. The Morgan fingerprint density at radius 2 is 2.17 bits per heavy atom. The van der Waals surface area contributed by atoms with Gasteiger partial charge in [-0.2, -0.15) is 0 Å². The van der Waals surface area contributed by atoms with E-state index >= 15 is 0 Å². The molecule has 0 bridgehead atoms. The third kappa shape index (κ3) is 5.67. The standard InChI is InChI=1S/C16H23N3O4S/c1-10-5-3-4-6-12(10)18-14(21)9-24-16-17-11(7-13(20)19-16)8-15(22)23-2/h7,10,12H,3-6,8-9H2,1-2H3,(H,18,21)(H,17,19,20)/t10-,12+/m1/s1. The smallest absolute Gasteiger partial charge is 0.311 e. The van der Waals surface area contributed by atoms with Crippen LogP contribution in [0.4, 0.5) is 0 Å². The molecular formula is C16H23N3O4S. The molecule has 2 N–H and O–H groups in total. The highest BCUT2D eigenvalue weighted by atomic mass is 32.2. The molecule has 1 aliphatic carbocycles. The highest BCUT2D eigenvalue weighted by molar-refractivity contribution is 7.99. The van der Waals surface area contributed by atoms with Gasteiger partial charge in [-0.05, 0) is 18.8 Å². The molecule has 0 radical (unpaired) electrons. The number of carbonyl (C=O) groups is 2. The van der Waals surface area contributed by atoms with Crippen molar-refractivity contribution in [1.82, 2.24) is 15.3 Å². The molecule has 1 heterocycles. The van der Waals surface area contributed by atoms with Crippen LogP contribution in [0.25, 0.3) is 0 Å². The second-order valence-electron chi connectivity index (χ2n) is 6.02. The minimum absolute atomic E-state index is 0.0697. The van der Waals surface area contributed by atoms with Gasteiger partial charge in [0.05, 0.1) is 25.0 Å². The zero-order valence-corrected chi connectivity index (χ0v) is 14.8. The molecule has 0 spiro atoms. The summed E-state index contributed by atoms with van der Waals surface area (Å²) < 4.78 is 4.56. The van der Waals surface area contributed by atoms with Crippen LogP contribution >= 0.6 is 11.8 Å². The van der Waals surface area contributed by atoms with Gasteiger partial charge < -0.3 is 15.0 Å². The van der Waals surface area contributed by atoms with E-state index in [1.807, 2.05) is 0 Å². The Morgan fingerprint density at radius 3 is 2.88 bits per heavy atom. The number of H-pyrrole nitrogens is 1. The summed E-state index contributed by atoms with van der Waals surface area (Å²) in [5.74, 6) is 0.135. The van der Waals surface area contributed by atoms with Crippen LogP contribution in [0.1, 0.15) is 38.3 Å². The Kier molecular flexibility index (Phi) is 6.84. The van der Waals surface area contributed by atoms with E-state index in [0.29, 0.717) is 16.8 Å². The van der Waals surface area contributed by atoms with Crippen molar-refractivity contribution < 1.29 is 14.3 Å². The van der Waals surface area contributed by atoms with Crippen LogP contribution in [-0.4, -0.2) is 40.7 Å². The normalized spacial score (nSPS) is 20.4. The van der Waals surface area contributed by atoms with E-state index in [2.05, 4.69) is 26.9 Å². The van der Waals surface area contributed by atoms with Crippen LogP contribution < -0.4 is 10.9 Å². The van der Waals surface area contributed by atoms with Gasteiger partial charge in [-0.25, -0.2) is 4.98 Å². The summed E-state index contributed by atoms with van der Waals surface area (Å²) in [5.41, 5.74) is -0.0258. The monoisotopic (exact) mass is 353 g/mol. The quantitative estimate of drug-likeness (QED) is 0.454. The summed E-state index contributed by atoms with van der Waals surface area (Å²) >= 11 is 1.15. The molecule has 0 saturated heterocycles. The highest BCUT2D eigenvalue weighted by Crippen LogP contribution is 2.23. The maximum Gasteiger partial charge on any atom is 0.311 e. The van der Waals surface area contributed by atoms with Gasteiger partial charge in [-0.3, -0.25) is 14.4 Å². The SMILES string of the molecule is COC(=O)Cc1cc(=O)[nH]c(SCC(=O)N[C@H]2CCCC[C@H]2C)n1. The van der Waals surface area contributed by atoms with Crippen LogP contribution in [0.5, 0.6) is 0 Å². The fourth-order valence-electron chi connectivity index (χ4n) is 2.78.